The van der Waals surface area contributed by atoms with Crippen molar-refractivity contribution in [3.8, 4) is 11.5 Å². The minimum Gasteiger partial charge on any atom is -0.545 e. The first-order valence-electron chi connectivity index (χ1n) is 5.68. The number of carboxylic acids is 2. The Bertz CT molecular complexity index is 634. The van der Waals surface area contributed by atoms with E-state index < -0.39 is 23.2 Å². The molecular weight excluding hydrogens is 294 g/mol. The highest BCUT2D eigenvalue weighted by molar-refractivity contribution is 5.98. The van der Waals surface area contributed by atoms with Crippen LogP contribution in [0, 0.1) is 0 Å². The number of anilines is 2. The number of aromatic carboxylic acids is 2. The number of carbonyl (C=O) groups is 2. The van der Waals surface area contributed by atoms with Gasteiger partial charge in [0.2, 0.25) is 0 Å². The number of nitrogens with zero attached hydrogens (tertiary/aromatic N) is 1. The largest absolute Gasteiger partial charge is 0.545 e. The van der Waals surface area contributed by atoms with Gasteiger partial charge in [-0.25, -0.2) is 0 Å². The van der Waals surface area contributed by atoms with Gasteiger partial charge in [-0.1, -0.05) is 0 Å². The average Bonchev–Trinajstić information content (AvgIpc) is 2.46. The summed E-state index contributed by atoms with van der Waals surface area (Å²) < 4.78 is 0. The first-order valence-corrected chi connectivity index (χ1v) is 5.68. The van der Waals surface area contributed by atoms with E-state index in [0.29, 0.717) is 0 Å². The summed E-state index contributed by atoms with van der Waals surface area (Å²) >= 11 is 0. The zero-order valence-corrected chi connectivity index (χ0v) is 11.0. The molecule has 2 aromatic rings. The predicted molar refractivity (Wildman–Crippen MR) is 71.5 cm³/mol. The molecular formula is C13H11N3O6-2. The van der Waals surface area contributed by atoms with Crippen LogP contribution in [0.5, 0.6) is 11.5 Å². The van der Waals surface area contributed by atoms with Gasteiger partial charge < -0.3 is 41.5 Å². The van der Waals surface area contributed by atoms with Crippen molar-refractivity contribution in [2.45, 2.75) is 0 Å². The van der Waals surface area contributed by atoms with Gasteiger partial charge in [0.25, 0.3) is 0 Å². The minimum atomic E-state index is -1.63. The number of hydrogen-bond acceptors (Lipinski definition) is 9. The molecule has 0 radical (unpaired) electrons. The minimum absolute atomic E-state index is 0.160. The number of phenolic OH excluding ortho intramolecular Hbond substituents is 2. The van der Waals surface area contributed by atoms with E-state index in [4.69, 9.17) is 21.7 Å². The van der Waals surface area contributed by atoms with Crippen LogP contribution in [-0.4, -0.2) is 27.1 Å². The molecule has 0 aliphatic carbocycles. The van der Waals surface area contributed by atoms with Crippen LogP contribution in [0.2, 0.25) is 0 Å². The van der Waals surface area contributed by atoms with Gasteiger partial charge >= 0.3 is 0 Å². The lowest BCUT2D eigenvalue weighted by atomic mass is 10.2. The van der Waals surface area contributed by atoms with E-state index in [1.807, 2.05) is 0 Å². The molecule has 0 amide bonds. The zero-order valence-electron chi connectivity index (χ0n) is 11.0. The summed E-state index contributed by atoms with van der Waals surface area (Å²) in [5.41, 5.74) is 9.73. The summed E-state index contributed by atoms with van der Waals surface area (Å²) in [5, 5.41) is 38.3. The number of nitrogen functional groups attached to an aromatic ring is 2. The first kappa shape index (κ1) is 16.6. The molecule has 1 aromatic carbocycles. The van der Waals surface area contributed by atoms with E-state index in [0.717, 1.165) is 18.3 Å². The molecule has 0 saturated carbocycles. The Morgan fingerprint density at radius 3 is 1.91 bits per heavy atom. The van der Waals surface area contributed by atoms with Crippen molar-refractivity contribution in [1.29, 1.82) is 0 Å². The highest BCUT2D eigenvalue weighted by Crippen LogP contribution is 2.30. The first-order chi connectivity index (χ1) is 10.2. The Morgan fingerprint density at radius 2 is 1.55 bits per heavy atom. The summed E-state index contributed by atoms with van der Waals surface area (Å²) in [6.45, 7) is 0. The Kier molecular flexibility index (Phi) is 5.11. The molecule has 0 saturated heterocycles. The van der Waals surface area contributed by atoms with Gasteiger partial charge in [0.05, 0.1) is 29.0 Å². The lowest BCUT2D eigenvalue weighted by molar-refractivity contribution is -0.260. The number of benzene rings is 1. The van der Waals surface area contributed by atoms with Gasteiger partial charge in [-0.05, 0) is 18.2 Å². The number of nitrogens with two attached hydrogens (primary N) is 2. The molecule has 0 bridgehead atoms. The number of carbonyl (C=O) groups excluding carboxylic acids is 2. The molecule has 22 heavy (non-hydrogen) atoms. The van der Waals surface area contributed by atoms with Gasteiger partial charge in [-0.15, -0.1) is 0 Å². The Labute approximate surface area is 124 Å². The zero-order chi connectivity index (χ0) is 16.9. The molecule has 0 spiro atoms. The smallest absolute Gasteiger partial charge is 0.142 e. The van der Waals surface area contributed by atoms with Crippen molar-refractivity contribution >= 4 is 23.3 Å². The maximum Gasteiger partial charge on any atom is 0.142 e. The van der Waals surface area contributed by atoms with Crippen LogP contribution in [0.25, 0.3) is 0 Å². The third-order valence-electron chi connectivity index (χ3n) is 2.40. The van der Waals surface area contributed by atoms with Crippen molar-refractivity contribution in [3.63, 3.8) is 0 Å². The normalized spacial score (nSPS) is 9.45. The number of aromatic nitrogens is 1. The molecule has 9 nitrogen and oxygen atoms in total. The molecule has 0 fully saturated rings. The number of phenols is 2. The topological polar surface area (TPSA) is 186 Å². The van der Waals surface area contributed by atoms with Crippen LogP contribution in [0.4, 0.5) is 11.4 Å². The number of hydrogen-bond donors (Lipinski definition) is 4. The van der Waals surface area contributed by atoms with Crippen molar-refractivity contribution in [1.82, 2.24) is 4.98 Å². The lowest BCUT2D eigenvalue weighted by Gasteiger charge is -2.08. The number of rotatable bonds is 2. The Hall–Kier alpha value is -3.49. The van der Waals surface area contributed by atoms with Crippen molar-refractivity contribution in [2.24, 2.45) is 0 Å². The summed E-state index contributed by atoms with van der Waals surface area (Å²) in [6, 6.07) is 4.79. The number of carboxylic acid groups (broad SMARTS) is 2. The van der Waals surface area contributed by atoms with Crippen LogP contribution in [0.15, 0.2) is 30.5 Å². The third-order valence-corrected chi connectivity index (χ3v) is 2.40. The van der Waals surface area contributed by atoms with E-state index in [9.17, 15) is 19.8 Å². The van der Waals surface area contributed by atoms with Crippen molar-refractivity contribution in [3.05, 3.63) is 41.7 Å². The Morgan fingerprint density at radius 1 is 1.00 bits per heavy atom. The molecule has 0 aliphatic rings. The van der Waals surface area contributed by atoms with Gasteiger partial charge in [0, 0.05) is 17.8 Å². The Balaban J connectivity index is 0.000000224. The fraction of sp³-hybridized carbons (Fsp3) is 0. The quantitative estimate of drug-likeness (QED) is 0.278. The third kappa shape index (κ3) is 4.00. The summed E-state index contributed by atoms with van der Waals surface area (Å²) in [7, 11) is 0. The van der Waals surface area contributed by atoms with Crippen LogP contribution in [-0.2, 0) is 0 Å². The predicted octanol–water partition coefficient (Wildman–Crippen LogP) is -1.93. The second kappa shape index (κ2) is 6.79. The van der Waals surface area contributed by atoms with Crippen LogP contribution < -0.4 is 21.7 Å². The highest BCUT2D eigenvalue weighted by atomic mass is 16.4. The molecule has 1 aromatic heterocycles. The molecule has 1 heterocycles. The van der Waals surface area contributed by atoms with Crippen LogP contribution in [0.1, 0.15) is 20.8 Å². The maximum absolute atomic E-state index is 10.3. The fourth-order valence-electron chi connectivity index (χ4n) is 1.34. The second-order valence-electron chi connectivity index (χ2n) is 3.94. The number of aromatic hydroxyl groups is 2. The van der Waals surface area contributed by atoms with Crippen LogP contribution >= 0.6 is 0 Å². The number of pyridine rings is 1. The molecule has 0 atom stereocenters. The molecule has 116 valence electrons. The monoisotopic (exact) mass is 305 g/mol. The summed E-state index contributed by atoms with van der Waals surface area (Å²) in [5.74, 6) is -3.53. The van der Waals surface area contributed by atoms with Gasteiger partial charge in [0.15, 0.2) is 0 Å². The van der Waals surface area contributed by atoms with E-state index in [1.165, 1.54) is 12.1 Å². The van der Waals surface area contributed by atoms with Gasteiger partial charge in [-0.2, -0.15) is 0 Å². The molecule has 0 aliphatic heterocycles. The van der Waals surface area contributed by atoms with Gasteiger partial charge in [-0.3, -0.25) is 4.98 Å². The lowest BCUT2D eigenvalue weighted by Crippen LogP contribution is -2.30. The van der Waals surface area contributed by atoms with Crippen molar-refractivity contribution < 1.29 is 30.0 Å². The summed E-state index contributed by atoms with van der Waals surface area (Å²) in [6.07, 6.45) is 1.16. The van der Waals surface area contributed by atoms with E-state index in [2.05, 4.69) is 4.98 Å². The molecule has 2 rings (SSSR count). The van der Waals surface area contributed by atoms with E-state index in [-0.39, 0.29) is 22.9 Å². The highest BCUT2D eigenvalue weighted by Gasteiger charge is 2.03. The van der Waals surface area contributed by atoms with Crippen LogP contribution in [0.3, 0.4) is 0 Å². The maximum atomic E-state index is 10.3. The van der Waals surface area contributed by atoms with E-state index in [1.54, 1.807) is 0 Å². The molecule has 6 N–H and O–H groups in total. The summed E-state index contributed by atoms with van der Waals surface area (Å²) in [4.78, 5) is 23.9. The van der Waals surface area contributed by atoms with Gasteiger partial charge in [0.1, 0.15) is 11.5 Å². The standard InChI is InChI=1S/C7H5NO4.C6H8N2O2/c9-6(10)4-2-1-3-8-5(4)7(11)12;7-3-1-4(8)6(10)2-5(3)9/h1-3H,(H,9,10)(H,11,12);1-2,9-10H,7-8H2/p-2. The van der Waals surface area contributed by atoms with E-state index >= 15 is 0 Å². The fourth-order valence-corrected chi connectivity index (χ4v) is 1.34. The molecule has 9 heteroatoms. The SMILES string of the molecule is Nc1cc(N)c(O)cc1O.O=C([O-])c1cccnc1C(=O)[O-]. The average molecular weight is 305 g/mol. The van der Waals surface area contributed by atoms with Crippen molar-refractivity contribution in [2.75, 3.05) is 11.5 Å². The molecule has 0 unspecified atom stereocenters. The second-order valence-corrected chi connectivity index (χ2v) is 3.94.